The van der Waals surface area contributed by atoms with Gasteiger partial charge in [-0.1, -0.05) is 30.3 Å². The Balaban J connectivity index is 1.59. The summed E-state index contributed by atoms with van der Waals surface area (Å²) in [7, 11) is 0. The molecule has 0 amide bonds. The van der Waals surface area contributed by atoms with Crippen LogP contribution in [0, 0.1) is 13.8 Å². The summed E-state index contributed by atoms with van der Waals surface area (Å²) < 4.78 is 1.84. The molecule has 1 atom stereocenters. The second-order valence-corrected chi connectivity index (χ2v) is 7.22. The lowest BCUT2D eigenvalue weighted by Crippen LogP contribution is -2.29. The second kappa shape index (κ2) is 7.88. The standard InChI is InChI=1S/C21H26N6/c1-16-12-17(2)27(25-16)21-14-22-13-20(24-21)23-19(15-26-10-6-7-11-26)18-8-4-3-5-9-18/h3-5,8-9,12-14,19H,6-7,10-11,15H2,1-2H3,(H,23,24). The van der Waals surface area contributed by atoms with E-state index in [2.05, 4.69) is 50.6 Å². The number of aromatic nitrogens is 4. The summed E-state index contributed by atoms with van der Waals surface area (Å²) in [4.78, 5) is 11.7. The van der Waals surface area contributed by atoms with E-state index in [1.807, 2.05) is 24.6 Å². The molecule has 1 aromatic carbocycles. The molecular formula is C21H26N6. The number of anilines is 1. The maximum Gasteiger partial charge on any atom is 0.174 e. The lowest BCUT2D eigenvalue weighted by atomic mass is 10.1. The van der Waals surface area contributed by atoms with Crippen LogP contribution in [0.3, 0.4) is 0 Å². The Morgan fingerprint density at radius 1 is 1.07 bits per heavy atom. The molecule has 3 heterocycles. The maximum absolute atomic E-state index is 4.77. The van der Waals surface area contributed by atoms with E-state index >= 15 is 0 Å². The number of benzene rings is 1. The van der Waals surface area contributed by atoms with Crippen LogP contribution in [-0.2, 0) is 0 Å². The van der Waals surface area contributed by atoms with Crippen molar-refractivity contribution in [1.29, 1.82) is 0 Å². The van der Waals surface area contributed by atoms with Crippen LogP contribution < -0.4 is 5.32 Å². The minimum absolute atomic E-state index is 0.175. The van der Waals surface area contributed by atoms with Crippen molar-refractivity contribution in [2.24, 2.45) is 0 Å². The monoisotopic (exact) mass is 362 g/mol. The van der Waals surface area contributed by atoms with E-state index < -0.39 is 0 Å². The Hall–Kier alpha value is -2.73. The molecule has 140 valence electrons. The van der Waals surface area contributed by atoms with Gasteiger partial charge in [0.25, 0.3) is 0 Å². The summed E-state index contributed by atoms with van der Waals surface area (Å²) >= 11 is 0. The summed E-state index contributed by atoms with van der Waals surface area (Å²) in [6, 6.07) is 12.8. The third kappa shape index (κ3) is 4.17. The largest absolute Gasteiger partial charge is 0.361 e. The van der Waals surface area contributed by atoms with Gasteiger partial charge in [0, 0.05) is 12.2 Å². The average molecular weight is 362 g/mol. The van der Waals surface area contributed by atoms with Gasteiger partial charge in [-0.3, -0.25) is 4.98 Å². The molecule has 1 aliphatic rings. The van der Waals surface area contributed by atoms with E-state index in [1.54, 1.807) is 12.4 Å². The number of aryl methyl sites for hydroxylation is 2. The van der Waals surface area contributed by atoms with Gasteiger partial charge in [-0.05, 0) is 51.4 Å². The fourth-order valence-corrected chi connectivity index (χ4v) is 3.71. The molecule has 0 radical (unpaired) electrons. The van der Waals surface area contributed by atoms with Gasteiger partial charge in [0.05, 0.1) is 24.1 Å². The number of likely N-dealkylation sites (tertiary alicyclic amines) is 1. The van der Waals surface area contributed by atoms with E-state index in [0.717, 1.165) is 29.6 Å². The second-order valence-electron chi connectivity index (χ2n) is 7.22. The molecule has 1 aliphatic heterocycles. The van der Waals surface area contributed by atoms with Gasteiger partial charge in [-0.25, -0.2) is 9.67 Å². The van der Waals surface area contributed by atoms with E-state index in [-0.39, 0.29) is 6.04 Å². The van der Waals surface area contributed by atoms with Crippen LogP contribution in [-0.4, -0.2) is 44.3 Å². The molecule has 6 nitrogen and oxygen atoms in total. The third-order valence-electron chi connectivity index (χ3n) is 5.01. The van der Waals surface area contributed by atoms with Crippen molar-refractivity contribution in [3.05, 3.63) is 65.7 Å². The van der Waals surface area contributed by atoms with Crippen molar-refractivity contribution in [3.63, 3.8) is 0 Å². The van der Waals surface area contributed by atoms with Crippen LogP contribution in [0.25, 0.3) is 5.82 Å². The van der Waals surface area contributed by atoms with E-state index in [0.29, 0.717) is 0 Å². The highest BCUT2D eigenvalue weighted by Crippen LogP contribution is 2.22. The van der Waals surface area contributed by atoms with E-state index in [9.17, 15) is 0 Å². The van der Waals surface area contributed by atoms with Crippen LogP contribution >= 0.6 is 0 Å². The number of hydrogen-bond donors (Lipinski definition) is 1. The number of nitrogens with one attached hydrogen (secondary N) is 1. The van der Waals surface area contributed by atoms with E-state index in [4.69, 9.17) is 4.98 Å². The fourth-order valence-electron chi connectivity index (χ4n) is 3.71. The highest BCUT2D eigenvalue weighted by Gasteiger charge is 2.19. The van der Waals surface area contributed by atoms with Crippen LogP contribution in [0.1, 0.15) is 35.8 Å². The first-order chi connectivity index (χ1) is 13.2. The summed E-state index contributed by atoms with van der Waals surface area (Å²) in [6.07, 6.45) is 6.11. The van der Waals surface area contributed by atoms with Gasteiger partial charge in [-0.15, -0.1) is 0 Å². The molecule has 1 saturated heterocycles. The lowest BCUT2D eigenvalue weighted by Gasteiger charge is -2.25. The van der Waals surface area contributed by atoms with Gasteiger partial charge >= 0.3 is 0 Å². The van der Waals surface area contributed by atoms with Gasteiger partial charge < -0.3 is 10.2 Å². The topological polar surface area (TPSA) is 58.9 Å². The molecule has 4 rings (SSSR count). The molecule has 3 aromatic rings. The quantitative estimate of drug-likeness (QED) is 0.727. The van der Waals surface area contributed by atoms with Crippen molar-refractivity contribution in [1.82, 2.24) is 24.6 Å². The van der Waals surface area contributed by atoms with Crippen LogP contribution in [0.5, 0.6) is 0 Å². The molecule has 27 heavy (non-hydrogen) atoms. The Labute approximate surface area is 160 Å². The Morgan fingerprint density at radius 2 is 1.85 bits per heavy atom. The third-order valence-corrected chi connectivity index (χ3v) is 5.01. The maximum atomic E-state index is 4.77. The normalized spacial score (nSPS) is 15.8. The molecule has 6 heteroatoms. The number of hydrogen-bond acceptors (Lipinski definition) is 5. The smallest absolute Gasteiger partial charge is 0.174 e. The molecule has 0 saturated carbocycles. The predicted molar refractivity (Wildman–Crippen MR) is 107 cm³/mol. The zero-order chi connectivity index (χ0) is 18.6. The summed E-state index contributed by atoms with van der Waals surface area (Å²) in [5.41, 5.74) is 3.29. The van der Waals surface area contributed by atoms with Crippen LogP contribution in [0.4, 0.5) is 5.82 Å². The molecule has 0 aliphatic carbocycles. The molecular weight excluding hydrogens is 336 g/mol. The first-order valence-electron chi connectivity index (χ1n) is 9.58. The number of nitrogens with zero attached hydrogens (tertiary/aromatic N) is 5. The van der Waals surface area contributed by atoms with Crippen molar-refractivity contribution in [2.75, 3.05) is 25.0 Å². The van der Waals surface area contributed by atoms with Gasteiger partial charge in [-0.2, -0.15) is 5.10 Å². The first-order valence-corrected chi connectivity index (χ1v) is 9.58. The van der Waals surface area contributed by atoms with Crippen LogP contribution in [0.15, 0.2) is 48.8 Å². The first kappa shape index (κ1) is 17.7. The molecule has 1 fully saturated rings. The molecule has 0 bridgehead atoms. The van der Waals surface area contributed by atoms with Gasteiger partial charge in [0.15, 0.2) is 5.82 Å². The SMILES string of the molecule is Cc1cc(C)n(-c2cncc(NC(CN3CCCC3)c3ccccc3)n2)n1. The molecule has 0 spiro atoms. The summed E-state index contributed by atoms with van der Waals surface area (Å²) in [6.45, 7) is 7.32. The number of rotatable bonds is 6. The Morgan fingerprint density at radius 3 is 2.56 bits per heavy atom. The fraction of sp³-hybridized carbons (Fsp3) is 0.381. The highest BCUT2D eigenvalue weighted by atomic mass is 15.3. The Bertz CT molecular complexity index is 883. The lowest BCUT2D eigenvalue weighted by molar-refractivity contribution is 0.323. The molecule has 1 unspecified atom stereocenters. The predicted octanol–water partition coefficient (Wildman–Crippen LogP) is 3.53. The zero-order valence-corrected chi connectivity index (χ0v) is 16.0. The van der Waals surface area contributed by atoms with Gasteiger partial charge in [0.2, 0.25) is 0 Å². The molecule has 1 N–H and O–H groups in total. The summed E-state index contributed by atoms with van der Waals surface area (Å²) in [5, 5.41) is 8.12. The molecule has 2 aromatic heterocycles. The minimum Gasteiger partial charge on any atom is -0.361 e. The van der Waals surface area contributed by atoms with Crippen molar-refractivity contribution in [3.8, 4) is 5.82 Å². The minimum atomic E-state index is 0.175. The highest BCUT2D eigenvalue weighted by molar-refractivity contribution is 5.40. The van der Waals surface area contributed by atoms with Crippen molar-refractivity contribution in [2.45, 2.75) is 32.7 Å². The van der Waals surface area contributed by atoms with Gasteiger partial charge in [0.1, 0.15) is 5.82 Å². The van der Waals surface area contributed by atoms with E-state index in [1.165, 1.54) is 31.5 Å². The average Bonchev–Trinajstić information content (AvgIpc) is 3.31. The Kier molecular flexibility index (Phi) is 5.16. The van der Waals surface area contributed by atoms with Crippen molar-refractivity contribution >= 4 is 5.82 Å². The summed E-state index contributed by atoms with van der Waals surface area (Å²) in [5.74, 6) is 1.51. The van der Waals surface area contributed by atoms with Crippen molar-refractivity contribution < 1.29 is 0 Å². The van der Waals surface area contributed by atoms with Crippen LogP contribution in [0.2, 0.25) is 0 Å². The zero-order valence-electron chi connectivity index (χ0n) is 16.0.